The molecule has 0 saturated heterocycles. The summed E-state index contributed by atoms with van der Waals surface area (Å²) in [4.78, 5) is 12.5. The predicted molar refractivity (Wildman–Crippen MR) is 90.2 cm³/mol. The Morgan fingerprint density at radius 3 is 2.70 bits per heavy atom. The lowest BCUT2D eigenvalue weighted by Gasteiger charge is -2.13. The number of nitrogens with one attached hydrogen (secondary N) is 1. The topological polar surface area (TPSA) is 52.5 Å². The highest BCUT2D eigenvalue weighted by atomic mass is 16.5. The number of hydrogen-bond acceptors (Lipinski definition) is 3. The minimum absolute atomic E-state index is 0.0736. The van der Waals surface area contributed by atoms with Gasteiger partial charge in [0.05, 0.1) is 13.7 Å². The zero-order chi connectivity index (χ0) is 16.8. The van der Waals surface area contributed by atoms with Crippen molar-refractivity contribution in [3.63, 3.8) is 0 Å². The van der Waals surface area contributed by atoms with Gasteiger partial charge in [-0.2, -0.15) is 0 Å². The molecule has 5 heteroatoms. The van der Waals surface area contributed by atoms with Crippen molar-refractivity contribution in [3.8, 4) is 5.75 Å². The molecule has 0 saturated carbocycles. The Morgan fingerprint density at radius 2 is 2.00 bits per heavy atom. The number of benzene rings is 1. The van der Waals surface area contributed by atoms with Crippen molar-refractivity contribution in [1.29, 1.82) is 0 Å². The zero-order valence-electron chi connectivity index (χ0n) is 14.2. The van der Waals surface area contributed by atoms with E-state index in [4.69, 9.17) is 9.47 Å². The minimum atomic E-state index is -0.0736. The molecule has 0 aliphatic carbocycles. The maximum Gasteiger partial charge on any atom is 0.268 e. The van der Waals surface area contributed by atoms with Gasteiger partial charge >= 0.3 is 0 Å². The molecule has 1 aromatic carbocycles. The van der Waals surface area contributed by atoms with Crippen molar-refractivity contribution >= 4 is 5.91 Å². The first kappa shape index (κ1) is 17.1. The first-order valence-electron chi connectivity index (χ1n) is 7.63. The molecule has 0 fully saturated rings. The molecule has 2 rings (SSSR count). The number of rotatable bonds is 7. The molecule has 2 aromatic rings. The van der Waals surface area contributed by atoms with E-state index in [9.17, 15) is 4.79 Å². The molecule has 0 radical (unpaired) electrons. The number of carbonyl (C=O) groups excluding carboxylic acids is 1. The van der Waals surface area contributed by atoms with Crippen LogP contribution in [0.5, 0.6) is 5.75 Å². The molecular weight excluding hydrogens is 292 g/mol. The molecule has 124 valence electrons. The van der Waals surface area contributed by atoms with E-state index in [1.165, 1.54) is 0 Å². The average Bonchev–Trinajstić information content (AvgIpc) is 2.81. The number of amides is 1. The quantitative estimate of drug-likeness (QED) is 0.799. The second-order valence-electron chi connectivity index (χ2n) is 5.50. The van der Waals surface area contributed by atoms with E-state index in [1.807, 2.05) is 48.7 Å². The smallest absolute Gasteiger partial charge is 0.268 e. The summed E-state index contributed by atoms with van der Waals surface area (Å²) in [5, 5.41) is 2.89. The van der Waals surface area contributed by atoms with Crippen LogP contribution in [0.2, 0.25) is 0 Å². The van der Waals surface area contributed by atoms with Gasteiger partial charge in [0, 0.05) is 25.9 Å². The predicted octanol–water partition coefficient (Wildman–Crippen LogP) is 2.54. The third kappa shape index (κ3) is 4.13. The van der Waals surface area contributed by atoms with Crippen LogP contribution in [0.3, 0.4) is 0 Å². The summed E-state index contributed by atoms with van der Waals surface area (Å²) in [5.74, 6) is 0.741. The van der Waals surface area contributed by atoms with Gasteiger partial charge in [0.2, 0.25) is 0 Å². The summed E-state index contributed by atoms with van der Waals surface area (Å²) in [6, 6.07) is 9.92. The lowest BCUT2D eigenvalue weighted by atomic mass is 10.2. The lowest BCUT2D eigenvalue weighted by Crippen LogP contribution is -2.29. The SMILES string of the molecule is COCCNC(=O)c1c(C)cc(C)n1Cc1cccc(OC)c1. The zero-order valence-corrected chi connectivity index (χ0v) is 14.2. The molecular formula is C18H24N2O3. The summed E-state index contributed by atoms with van der Waals surface area (Å²) >= 11 is 0. The van der Waals surface area contributed by atoms with Gasteiger partial charge in [0.15, 0.2) is 0 Å². The fourth-order valence-corrected chi connectivity index (χ4v) is 2.66. The maximum atomic E-state index is 12.5. The van der Waals surface area contributed by atoms with Crippen LogP contribution in [0.4, 0.5) is 0 Å². The molecule has 1 N–H and O–H groups in total. The van der Waals surface area contributed by atoms with E-state index < -0.39 is 0 Å². The fraction of sp³-hybridized carbons (Fsp3) is 0.389. The third-order valence-electron chi connectivity index (χ3n) is 3.78. The van der Waals surface area contributed by atoms with Crippen molar-refractivity contribution in [2.75, 3.05) is 27.4 Å². The Morgan fingerprint density at radius 1 is 1.22 bits per heavy atom. The largest absolute Gasteiger partial charge is 0.497 e. The van der Waals surface area contributed by atoms with Gasteiger partial charge in [-0.15, -0.1) is 0 Å². The Labute approximate surface area is 137 Å². The van der Waals surface area contributed by atoms with Crippen LogP contribution < -0.4 is 10.1 Å². The van der Waals surface area contributed by atoms with Crippen LogP contribution in [0.25, 0.3) is 0 Å². The lowest BCUT2D eigenvalue weighted by molar-refractivity contribution is 0.0927. The number of aryl methyl sites for hydroxylation is 2. The Hall–Kier alpha value is -2.27. The van der Waals surface area contributed by atoms with Crippen molar-refractivity contribution in [2.45, 2.75) is 20.4 Å². The summed E-state index contributed by atoms with van der Waals surface area (Å²) in [6.45, 7) is 5.60. The molecule has 1 aromatic heterocycles. The van der Waals surface area contributed by atoms with Gasteiger partial charge in [-0.1, -0.05) is 12.1 Å². The van der Waals surface area contributed by atoms with Crippen LogP contribution >= 0.6 is 0 Å². The van der Waals surface area contributed by atoms with E-state index in [1.54, 1.807) is 14.2 Å². The van der Waals surface area contributed by atoms with Crippen molar-refractivity contribution in [1.82, 2.24) is 9.88 Å². The minimum Gasteiger partial charge on any atom is -0.497 e. The number of ether oxygens (including phenoxy) is 2. The Bertz CT molecular complexity index is 677. The molecule has 0 aliphatic rings. The molecule has 1 amide bonds. The highest BCUT2D eigenvalue weighted by molar-refractivity contribution is 5.94. The van der Waals surface area contributed by atoms with Crippen molar-refractivity contribution < 1.29 is 14.3 Å². The molecule has 0 aliphatic heterocycles. The number of methoxy groups -OCH3 is 2. The highest BCUT2D eigenvalue weighted by Gasteiger charge is 2.17. The third-order valence-corrected chi connectivity index (χ3v) is 3.78. The molecule has 23 heavy (non-hydrogen) atoms. The van der Waals surface area contributed by atoms with Crippen LogP contribution in [0.1, 0.15) is 27.3 Å². The van der Waals surface area contributed by atoms with Gasteiger partial charge in [-0.25, -0.2) is 0 Å². The molecule has 1 heterocycles. The summed E-state index contributed by atoms with van der Waals surface area (Å²) in [6.07, 6.45) is 0. The van der Waals surface area contributed by atoms with Crippen molar-refractivity contribution in [2.24, 2.45) is 0 Å². The van der Waals surface area contributed by atoms with E-state index in [0.29, 0.717) is 25.4 Å². The van der Waals surface area contributed by atoms with Gasteiger partial charge in [-0.3, -0.25) is 4.79 Å². The standard InChI is InChI=1S/C18H24N2O3/c1-13-10-14(2)20(17(13)18(21)19-8-9-22-3)12-15-6-5-7-16(11-15)23-4/h5-7,10-11H,8-9,12H2,1-4H3,(H,19,21). The van der Waals surface area contributed by atoms with Crippen LogP contribution in [-0.4, -0.2) is 37.8 Å². The first-order chi connectivity index (χ1) is 11.1. The average molecular weight is 316 g/mol. The van der Waals surface area contributed by atoms with E-state index in [-0.39, 0.29) is 5.91 Å². The monoisotopic (exact) mass is 316 g/mol. The number of hydrogen-bond donors (Lipinski definition) is 1. The summed E-state index contributed by atoms with van der Waals surface area (Å²) < 4.78 is 12.3. The van der Waals surface area contributed by atoms with Crippen LogP contribution in [0.15, 0.2) is 30.3 Å². The first-order valence-corrected chi connectivity index (χ1v) is 7.63. The Balaban J connectivity index is 2.25. The second kappa shape index (κ2) is 7.83. The van der Waals surface area contributed by atoms with Gasteiger partial charge in [-0.05, 0) is 43.2 Å². The molecule has 0 unspecified atom stereocenters. The number of carbonyl (C=O) groups is 1. The highest BCUT2D eigenvalue weighted by Crippen LogP contribution is 2.19. The fourth-order valence-electron chi connectivity index (χ4n) is 2.66. The van der Waals surface area contributed by atoms with Gasteiger partial charge < -0.3 is 19.4 Å². The normalized spacial score (nSPS) is 10.6. The molecule has 0 spiro atoms. The second-order valence-corrected chi connectivity index (χ2v) is 5.50. The molecule has 0 bridgehead atoms. The van der Waals surface area contributed by atoms with Gasteiger partial charge in [0.25, 0.3) is 5.91 Å². The Kier molecular flexibility index (Phi) is 5.82. The summed E-state index contributed by atoms with van der Waals surface area (Å²) in [7, 11) is 3.27. The van der Waals surface area contributed by atoms with Gasteiger partial charge in [0.1, 0.15) is 11.4 Å². The van der Waals surface area contributed by atoms with Crippen LogP contribution in [0, 0.1) is 13.8 Å². The van der Waals surface area contributed by atoms with E-state index in [2.05, 4.69) is 5.32 Å². The molecule has 5 nitrogen and oxygen atoms in total. The summed E-state index contributed by atoms with van der Waals surface area (Å²) in [5.41, 5.74) is 3.82. The number of nitrogens with zero attached hydrogens (tertiary/aromatic N) is 1. The van der Waals surface area contributed by atoms with E-state index >= 15 is 0 Å². The van der Waals surface area contributed by atoms with E-state index in [0.717, 1.165) is 22.6 Å². The maximum absolute atomic E-state index is 12.5. The molecule has 0 atom stereocenters. The van der Waals surface area contributed by atoms with Crippen LogP contribution in [-0.2, 0) is 11.3 Å². The number of aromatic nitrogens is 1. The van der Waals surface area contributed by atoms with Crippen molar-refractivity contribution in [3.05, 3.63) is 52.8 Å².